The molecule has 0 saturated heterocycles. The van der Waals surface area contributed by atoms with Crippen molar-refractivity contribution in [3.8, 4) is 0 Å². The Morgan fingerprint density at radius 1 is 1.47 bits per heavy atom. The Balaban J connectivity index is 1.81. The Labute approximate surface area is 91.2 Å². The molecule has 0 aromatic carbocycles. The zero-order chi connectivity index (χ0) is 11.1. The monoisotopic (exact) mass is 212 g/mol. The van der Waals surface area contributed by atoms with Gasteiger partial charge in [0.05, 0.1) is 6.54 Å². The summed E-state index contributed by atoms with van der Waals surface area (Å²) in [5.41, 5.74) is 0.528. The molecule has 3 aliphatic rings. The second kappa shape index (κ2) is 3.78. The van der Waals surface area contributed by atoms with Gasteiger partial charge in [0.15, 0.2) is 6.54 Å². The van der Waals surface area contributed by atoms with Crippen LogP contribution in [0.5, 0.6) is 0 Å². The molecule has 0 radical (unpaired) electrons. The molecule has 3 aliphatic carbocycles. The van der Waals surface area contributed by atoms with Crippen LogP contribution in [0.4, 0.5) is 0 Å². The highest BCUT2D eigenvalue weighted by Crippen LogP contribution is 2.60. The molecule has 0 heterocycles. The molecule has 3 rings (SSSR count). The Morgan fingerprint density at radius 3 is 2.73 bits per heavy atom. The van der Waals surface area contributed by atoms with Crippen molar-refractivity contribution in [2.24, 2.45) is 23.2 Å². The van der Waals surface area contributed by atoms with Crippen LogP contribution in [0.3, 0.4) is 0 Å². The number of nitrogens with two attached hydrogens (primary N) is 1. The van der Waals surface area contributed by atoms with Crippen LogP contribution in [0.2, 0.25) is 0 Å². The van der Waals surface area contributed by atoms with Gasteiger partial charge in [-0.2, -0.15) is 0 Å². The molecule has 3 nitrogen and oxygen atoms in total. The fraction of sp³-hybridized carbons (Fsp3) is 0.917. The van der Waals surface area contributed by atoms with Gasteiger partial charge in [-0.1, -0.05) is 13.8 Å². The van der Waals surface area contributed by atoms with E-state index in [9.17, 15) is 4.79 Å². The maximum atomic E-state index is 10.4. The Kier molecular flexibility index (Phi) is 2.75. The van der Waals surface area contributed by atoms with Gasteiger partial charge in [0.1, 0.15) is 0 Å². The Bertz CT molecular complexity index is 260. The van der Waals surface area contributed by atoms with Crippen molar-refractivity contribution in [1.29, 1.82) is 0 Å². The number of aliphatic carboxylic acids is 1. The second-order valence-electron chi connectivity index (χ2n) is 5.82. The topological polar surface area (TPSA) is 53.9 Å². The van der Waals surface area contributed by atoms with Crippen molar-refractivity contribution < 1.29 is 15.2 Å². The zero-order valence-electron chi connectivity index (χ0n) is 9.70. The lowest BCUT2D eigenvalue weighted by Gasteiger charge is -2.59. The van der Waals surface area contributed by atoms with Gasteiger partial charge in [0.2, 0.25) is 0 Å². The Morgan fingerprint density at radius 2 is 2.20 bits per heavy atom. The lowest BCUT2D eigenvalue weighted by Crippen LogP contribution is -2.88. The molecule has 3 heteroatoms. The summed E-state index contributed by atoms with van der Waals surface area (Å²) in [6.45, 7) is 6.00. The third kappa shape index (κ3) is 1.89. The molecular weight excluding hydrogens is 190 g/mol. The summed E-state index contributed by atoms with van der Waals surface area (Å²) < 4.78 is 0. The SMILES string of the molecule is CC1(C)C2CCC(C[NH2+]CC(=O)O)C1C2. The summed E-state index contributed by atoms with van der Waals surface area (Å²) >= 11 is 0. The van der Waals surface area contributed by atoms with Crippen molar-refractivity contribution in [3.63, 3.8) is 0 Å². The summed E-state index contributed by atoms with van der Waals surface area (Å²) in [6.07, 6.45) is 4.06. The van der Waals surface area contributed by atoms with E-state index in [4.69, 9.17) is 5.11 Å². The summed E-state index contributed by atoms with van der Waals surface area (Å²) in [7, 11) is 0. The van der Waals surface area contributed by atoms with Crippen LogP contribution in [0, 0.1) is 23.2 Å². The van der Waals surface area contributed by atoms with E-state index in [2.05, 4.69) is 13.8 Å². The molecule has 0 amide bonds. The minimum Gasteiger partial charge on any atom is -0.477 e. The standard InChI is InChI=1S/C12H21NO2/c1-12(2)9-4-3-8(10(12)5-9)6-13-7-11(14)15/h8-10,13H,3-7H2,1-2H3,(H,14,15)/p+1. The molecule has 3 N–H and O–H groups in total. The van der Waals surface area contributed by atoms with E-state index in [1.54, 1.807) is 0 Å². The van der Waals surface area contributed by atoms with Crippen molar-refractivity contribution >= 4 is 5.97 Å². The highest BCUT2D eigenvalue weighted by molar-refractivity contribution is 5.67. The Hall–Kier alpha value is -0.570. The van der Waals surface area contributed by atoms with Crippen molar-refractivity contribution in [2.75, 3.05) is 13.1 Å². The van der Waals surface area contributed by atoms with Gasteiger partial charge >= 0.3 is 5.97 Å². The summed E-state index contributed by atoms with van der Waals surface area (Å²) in [5, 5.41) is 10.6. The first-order chi connectivity index (χ1) is 7.01. The summed E-state index contributed by atoms with van der Waals surface area (Å²) in [4.78, 5) is 10.4. The van der Waals surface area contributed by atoms with E-state index in [0.29, 0.717) is 5.41 Å². The predicted molar refractivity (Wildman–Crippen MR) is 57.4 cm³/mol. The number of carboxylic acids is 1. The average Bonchev–Trinajstić information content (AvgIpc) is 2.17. The summed E-state index contributed by atoms with van der Waals surface area (Å²) in [6, 6.07) is 0. The van der Waals surface area contributed by atoms with Gasteiger partial charge < -0.3 is 10.4 Å². The number of carbonyl (C=O) groups is 1. The smallest absolute Gasteiger partial charge is 0.359 e. The van der Waals surface area contributed by atoms with Gasteiger partial charge in [-0.05, 0) is 36.5 Å². The maximum absolute atomic E-state index is 10.4. The maximum Gasteiger partial charge on any atom is 0.359 e. The largest absolute Gasteiger partial charge is 0.477 e. The van der Waals surface area contributed by atoms with Crippen molar-refractivity contribution in [1.82, 2.24) is 0 Å². The number of hydrogen-bond donors (Lipinski definition) is 2. The molecule has 3 atom stereocenters. The molecule has 0 spiro atoms. The molecule has 15 heavy (non-hydrogen) atoms. The van der Waals surface area contributed by atoms with E-state index in [0.717, 1.165) is 24.3 Å². The zero-order valence-corrected chi connectivity index (χ0v) is 9.70. The van der Waals surface area contributed by atoms with E-state index in [-0.39, 0.29) is 6.54 Å². The second-order valence-corrected chi connectivity index (χ2v) is 5.82. The van der Waals surface area contributed by atoms with Gasteiger partial charge in [0.25, 0.3) is 0 Å². The van der Waals surface area contributed by atoms with Crippen LogP contribution in [0.25, 0.3) is 0 Å². The third-order valence-electron chi connectivity index (χ3n) is 4.79. The minimum absolute atomic E-state index is 0.229. The number of fused-ring (bicyclic) bond motifs is 2. The molecule has 0 aromatic heterocycles. The first-order valence-corrected chi connectivity index (χ1v) is 6.05. The molecule has 2 bridgehead atoms. The molecule has 0 aliphatic heterocycles. The van der Waals surface area contributed by atoms with E-state index >= 15 is 0 Å². The molecule has 3 fully saturated rings. The first kappa shape index (κ1) is 10.9. The normalized spacial score (nSPS) is 37.1. The molecular formula is C12H22NO2+. The van der Waals surface area contributed by atoms with Crippen LogP contribution >= 0.6 is 0 Å². The van der Waals surface area contributed by atoms with Gasteiger partial charge in [-0.15, -0.1) is 0 Å². The quantitative estimate of drug-likeness (QED) is 0.721. The summed E-state index contributed by atoms with van der Waals surface area (Å²) in [5.74, 6) is 1.85. The lowest BCUT2D eigenvalue weighted by atomic mass is 9.45. The fourth-order valence-electron chi connectivity index (χ4n) is 3.67. The molecule has 0 aromatic rings. The van der Waals surface area contributed by atoms with Crippen LogP contribution in [0.15, 0.2) is 0 Å². The van der Waals surface area contributed by atoms with Gasteiger partial charge in [0, 0.05) is 5.92 Å². The van der Waals surface area contributed by atoms with Gasteiger partial charge in [-0.25, -0.2) is 4.79 Å². The molecule has 3 unspecified atom stereocenters. The molecule has 3 saturated carbocycles. The van der Waals surface area contributed by atoms with E-state index in [1.165, 1.54) is 19.3 Å². The predicted octanol–water partition coefficient (Wildman–Crippen LogP) is 0.707. The number of hydrogen-bond acceptors (Lipinski definition) is 1. The van der Waals surface area contributed by atoms with E-state index in [1.807, 2.05) is 5.32 Å². The lowest BCUT2D eigenvalue weighted by molar-refractivity contribution is -0.654. The van der Waals surface area contributed by atoms with Crippen molar-refractivity contribution in [3.05, 3.63) is 0 Å². The van der Waals surface area contributed by atoms with Crippen LogP contribution in [-0.4, -0.2) is 24.2 Å². The van der Waals surface area contributed by atoms with Gasteiger partial charge in [-0.3, -0.25) is 0 Å². The number of carboxylic acid groups (broad SMARTS) is 1. The van der Waals surface area contributed by atoms with Crippen LogP contribution in [0.1, 0.15) is 33.1 Å². The molecule has 86 valence electrons. The highest BCUT2D eigenvalue weighted by Gasteiger charge is 2.54. The number of rotatable bonds is 4. The highest BCUT2D eigenvalue weighted by atomic mass is 16.4. The average molecular weight is 212 g/mol. The van der Waals surface area contributed by atoms with Crippen LogP contribution in [-0.2, 0) is 4.79 Å². The van der Waals surface area contributed by atoms with E-state index < -0.39 is 5.97 Å². The van der Waals surface area contributed by atoms with Crippen LogP contribution < -0.4 is 5.32 Å². The number of quaternary nitrogens is 1. The first-order valence-electron chi connectivity index (χ1n) is 6.05. The third-order valence-corrected chi connectivity index (χ3v) is 4.79. The van der Waals surface area contributed by atoms with Crippen molar-refractivity contribution in [2.45, 2.75) is 33.1 Å². The minimum atomic E-state index is -0.698. The fourth-order valence-corrected chi connectivity index (χ4v) is 3.67.